The largest absolute Gasteiger partial charge is 0.506 e. The van der Waals surface area contributed by atoms with E-state index < -0.39 is 5.97 Å². The van der Waals surface area contributed by atoms with Crippen molar-refractivity contribution in [2.24, 2.45) is 0 Å². The highest BCUT2D eigenvalue weighted by atomic mass is 79.9. The molecule has 124 valence electrons. The summed E-state index contributed by atoms with van der Waals surface area (Å²) in [5.41, 5.74) is 0.743. The molecular formula is C15H13BrN4O4. The van der Waals surface area contributed by atoms with Crippen LogP contribution in [-0.2, 0) is 11.2 Å². The van der Waals surface area contributed by atoms with Gasteiger partial charge in [0.1, 0.15) is 17.6 Å². The lowest BCUT2D eigenvalue weighted by atomic mass is 10.2. The van der Waals surface area contributed by atoms with E-state index >= 15 is 0 Å². The Morgan fingerprint density at radius 3 is 3.04 bits per heavy atom. The second-order valence-corrected chi connectivity index (χ2v) is 5.88. The van der Waals surface area contributed by atoms with Crippen LogP contribution in [0.25, 0.3) is 5.78 Å². The van der Waals surface area contributed by atoms with Crippen LogP contribution in [0.2, 0.25) is 0 Å². The maximum Gasteiger partial charge on any atom is 0.341 e. The van der Waals surface area contributed by atoms with Gasteiger partial charge in [-0.05, 0) is 35.0 Å². The third kappa shape index (κ3) is 2.90. The Labute approximate surface area is 144 Å². The summed E-state index contributed by atoms with van der Waals surface area (Å²) < 4.78 is 6.78. The summed E-state index contributed by atoms with van der Waals surface area (Å²) in [6.07, 6.45) is 1.59. The first-order valence-corrected chi connectivity index (χ1v) is 7.84. The quantitative estimate of drug-likeness (QED) is 0.652. The molecule has 0 bridgehead atoms. The number of aromatic amines is 1. The summed E-state index contributed by atoms with van der Waals surface area (Å²) in [6, 6.07) is 4.69. The van der Waals surface area contributed by atoms with Crippen molar-refractivity contribution in [3.05, 3.63) is 56.2 Å². The Morgan fingerprint density at radius 2 is 2.25 bits per heavy atom. The molecule has 0 aliphatic rings. The van der Waals surface area contributed by atoms with Gasteiger partial charge in [-0.3, -0.25) is 9.89 Å². The number of halogens is 1. The highest BCUT2D eigenvalue weighted by Crippen LogP contribution is 2.27. The van der Waals surface area contributed by atoms with E-state index in [2.05, 4.69) is 31.0 Å². The number of hydrogen-bond donors (Lipinski definition) is 2. The number of fused-ring (bicyclic) bond motifs is 1. The number of ether oxygens (including phenoxy) is 1. The zero-order valence-electron chi connectivity index (χ0n) is 12.6. The summed E-state index contributed by atoms with van der Waals surface area (Å²) >= 11 is 3.14. The van der Waals surface area contributed by atoms with Gasteiger partial charge in [-0.2, -0.15) is 4.52 Å². The standard InChI is InChI=1S/C15H13BrN4O4/c1-8-9(13(22)20-15(19-8)17-7-18-20)5-6-24-14(23)10-3-2-4-11(16)12(10)21/h2-4,7,21H,5-6H2,1H3,(H,17,18,19). The number of aromatic hydroxyl groups is 1. The van der Waals surface area contributed by atoms with Gasteiger partial charge < -0.3 is 9.84 Å². The molecule has 9 heteroatoms. The van der Waals surface area contributed by atoms with E-state index in [-0.39, 0.29) is 35.7 Å². The predicted octanol–water partition coefficient (Wildman–Crippen LogP) is 1.59. The number of hydrogen-bond acceptors (Lipinski definition) is 6. The first-order valence-electron chi connectivity index (χ1n) is 7.05. The normalized spacial score (nSPS) is 10.9. The molecule has 0 aliphatic carbocycles. The van der Waals surface area contributed by atoms with E-state index in [1.807, 2.05) is 0 Å². The molecule has 3 aromatic rings. The minimum atomic E-state index is -0.665. The van der Waals surface area contributed by atoms with E-state index in [1.165, 1.54) is 16.9 Å². The topological polar surface area (TPSA) is 110 Å². The molecule has 0 saturated carbocycles. The fourth-order valence-electron chi connectivity index (χ4n) is 2.29. The van der Waals surface area contributed by atoms with E-state index in [1.54, 1.807) is 19.1 Å². The maximum atomic E-state index is 12.3. The van der Waals surface area contributed by atoms with Crippen LogP contribution in [-0.4, -0.2) is 37.3 Å². The zero-order valence-corrected chi connectivity index (χ0v) is 14.2. The second-order valence-electron chi connectivity index (χ2n) is 5.03. The Morgan fingerprint density at radius 1 is 1.46 bits per heavy atom. The molecule has 2 heterocycles. The summed E-state index contributed by atoms with van der Waals surface area (Å²) in [5.74, 6) is -0.557. The molecule has 0 amide bonds. The SMILES string of the molecule is Cc1nc2nc[nH]n2c(=O)c1CCOC(=O)c1cccc(Br)c1O. The minimum absolute atomic E-state index is 0.0112. The van der Waals surface area contributed by atoms with Gasteiger partial charge in [0.15, 0.2) is 0 Å². The van der Waals surface area contributed by atoms with Crippen LogP contribution in [0.5, 0.6) is 5.75 Å². The number of phenols is 1. The molecule has 3 rings (SSSR count). The molecule has 0 unspecified atom stereocenters. The Hall–Kier alpha value is -2.68. The number of rotatable bonds is 4. The molecule has 2 N–H and O–H groups in total. The van der Waals surface area contributed by atoms with E-state index in [9.17, 15) is 14.7 Å². The van der Waals surface area contributed by atoms with Gasteiger partial charge in [0, 0.05) is 12.0 Å². The number of carbonyl (C=O) groups excluding carboxylic acids is 1. The number of benzene rings is 1. The fourth-order valence-corrected chi connectivity index (χ4v) is 2.65. The Balaban J connectivity index is 1.74. The van der Waals surface area contributed by atoms with Crippen LogP contribution in [0.15, 0.2) is 33.8 Å². The van der Waals surface area contributed by atoms with Crippen LogP contribution < -0.4 is 5.56 Å². The van der Waals surface area contributed by atoms with Crippen LogP contribution >= 0.6 is 15.9 Å². The number of esters is 1. The zero-order chi connectivity index (χ0) is 17.3. The maximum absolute atomic E-state index is 12.3. The third-order valence-corrected chi connectivity index (χ3v) is 4.16. The number of nitrogens with zero attached hydrogens (tertiary/aromatic N) is 3. The van der Waals surface area contributed by atoms with Gasteiger partial charge in [-0.25, -0.2) is 14.8 Å². The van der Waals surface area contributed by atoms with Gasteiger partial charge >= 0.3 is 5.97 Å². The van der Waals surface area contributed by atoms with Crippen molar-refractivity contribution in [3.63, 3.8) is 0 Å². The molecule has 0 fully saturated rings. The van der Waals surface area contributed by atoms with Crippen LogP contribution in [0.3, 0.4) is 0 Å². The molecule has 2 aromatic heterocycles. The first kappa shape index (κ1) is 16.2. The molecule has 24 heavy (non-hydrogen) atoms. The Kier molecular flexibility index (Phi) is 4.34. The van der Waals surface area contributed by atoms with Gasteiger partial charge in [0.2, 0.25) is 0 Å². The van der Waals surface area contributed by atoms with E-state index in [4.69, 9.17) is 4.74 Å². The van der Waals surface area contributed by atoms with Gasteiger partial charge in [-0.15, -0.1) is 0 Å². The number of carbonyl (C=O) groups is 1. The average Bonchev–Trinajstić information content (AvgIpc) is 3.01. The van der Waals surface area contributed by atoms with Crippen molar-refractivity contribution in [3.8, 4) is 5.75 Å². The van der Waals surface area contributed by atoms with Crippen LogP contribution in [0.4, 0.5) is 0 Å². The lowest BCUT2D eigenvalue weighted by Gasteiger charge is -2.08. The minimum Gasteiger partial charge on any atom is -0.506 e. The molecule has 0 spiro atoms. The predicted molar refractivity (Wildman–Crippen MR) is 88.1 cm³/mol. The lowest BCUT2D eigenvalue weighted by Crippen LogP contribution is -2.23. The van der Waals surface area contributed by atoms with Crippen molar-refractivity contribution in [2.75, 3.05) is 6.61 Å². The molecule has 0 atom stereocenters. The number of para-hydroxylation sites is 1. The molecule has 8 nitrogen and oxygen atoms in total. The van der Waals surface area contributed by atoms with Gasteiger partial charge in [0.05, 0.1) is 16.8 Å². The third-order valence-electron chi connectivity index (χ3n) is 3.52. The van der Waals surface area contributed by atoms with Gasteiger partial charge in [0.25, 0.3) is 11.3 Å². The highest BCUT2D eigenvalue weighted by Gasteiger charge is 2.16. The summed E-state index contributed by atoms with van der Waals surface area (Å²) in [6.45, 7) is 1.69. The number of nitrogens with one attached hydrogen (secondary N) is 1. The summed E-state index contributed by atoms with van der Waals surface area (Å²) in [7, 11) is 0. The molecular weight excluding hydrogens is 380 g/mol. The van der Waals surface area contributed by atoms with E-state index in [0.717, 1.165) is 0 Å². The van der Waals surface area contributed by atoms with Crippen LogP contribution in [0, 0.1) is 6.92 Å². The molecule has 0 radical (unpaired) electrons. The first-order chi connectivity index (χ1) is 11.5. The van der Waals surface area contributed by atoms with Gasteiger partial charge in [-0.1, -0.05) is 6.07 Å². The average molecular weight is 393 g/mol. The van der Waals surface area contributed by atoms with E-state index in [0.29, 0.717) is 15.7 Å². The monoisotopic (exact) mass is 392 g/mol. The fraction of sp³-hybridized carbons (Fsp3) is 0.200. The number of aryl methyl sites for hydroxylation is 1. The van der Waals surface area contributed by atoms with Crippen molar-refractivity contribution >= 4 is 27.7 Å². The van der Waals surface area contributed by atoms with Crippen LogP contribution in [0.1, 0.15) is 21.6 Å². The number of aromatic nitrogens is 4. The van der Waals surface area contributed by atoms with Crippen molar-refractivity contribution in [2.45, 2.75) is 13.3 Å². The number of phenolic OH excluding ortho intramolecular Hbond substituents is 1. The molecule has 0 aliphatic heterocycles. The second kappa shape index (κ2) is 6.44. The molecule has 1 aromatic carbocycles. The Bertz CT molecular complexity index is 979. The van der Waals surface area contributed by atoms with Crippen molar-refractivity contribution in [1.82, 2.24) is 19.6 Å². The molecule has 0 saturated heterocycles. The lowest BCUT2D eigenvalue weighted by molar-refractivity contribution is 0.0505. The van der Waals surface area contributed by atoms with Crippen molar-refractivity contribution in [1.29, 1.82) is 0 Å². The smallest absolute Gasteiger partial charge is 0.341 e. The summed E-state index contributed by atoms with van der Waals surface area (Å²) in [5, 5.41) is 12.5. The highest BCUT2D eigenvalue weighted by molar-refractivity contribution is 9.10. The summed E-state index contributed by atoms with van der Waals surface area (Å²) in [4.78, 5) is 32.5. The number of H-pyrrole nitrogens is 1. The van der Waals surface area contributed by atoms with Crippen molar-refractivity contribution < 1.29 is 14.6 Å².